The molecule has 3 heteroatoms. The lowest BCUT2D eigenvalue weighted by Crippen LogP contribution is -2.45. The Morgan fingerprint density at radius 2 is 1.90 bits per heavy atom. The highest BCUT2D eigenvalue weighted by Crippen LogP contribution is 2.44. The zero-order chi connectivity index (χ0) is 15.3. The molecule has 1 N–H and O–H groups in total. The van der Waals surface area contributed by atoms with Gasteiger partial charge in [-0.25, -0.2) is 8.78 Å². The Hall–Kier alpha value is -0.960. The van der Waals surface area contributed by atoms with Crippen molar-refractivity contribution in [1.82, 2.24) is 5.32 Å². The van der Waals surface area contributed by atoms with E-state index in [1.165, 1.54) is 43.9 Å². The molecule has 118 valence electrons. The summed E-state index contributed by atoms with van der Waals surface area (Å²) in [6.45, 7) is 5.30. The van der Waals surface area contributed by atoms with Gasteiger partial charge in [0.1, 0.15) is 11.6 Å². The summed E-state index contributed by atoms with van der Waals surface area (Å²) in [7, 11) is 0. The van der Waals surface area contributed by atoms with E-state index in [1.807, 2.05) is 0 Å². The lowest BCUT2D eigenvalue weighted by molar-refractivity contribution is 0.183. The topological polar surface area (TPSA) is 12.0 Å². The molecule has 1 aliphatic carbocycles. The van der Waals surface area contributed by atoms with Crippen molar-refractivity contribution >= 4 is 0 Å². The van der Waals surface area contributed by atoms with E-state index in [0.29, 0.717) is 12.0 Å². The highest BCUT2D eigenvalue weighted by Gasteiger charge is 2.39. The first kappa shape index (κ1) is 16.4. The fraction of sp³-hybridized carbons (Fsp3) is 0.667. The van der Waals surface area contributed by atoms with Crippen molar-refractivity contribution in [3.8, 4) is 0 Å². The molecule has 0 saturated heterocycles. The Morgan fingerprint density at radius 1 is 1.19 bits per heavy atom. The van der Waals surface area contributed by atoms with Crippen LogP contribution in [-0.2, 0) is 6.42 Å². The van der Waals surface area contributed by atoms with Crippen LogP contribution >= 0.6 is 0 Å². The first-order chi connectivity index (χ1) is 10.1. The van der Waals surface area contributed by atoms with Crippen molar-refractivity contribution in [1.29, 1.82) is 0 Å². The molecule has 1 saturated carbocycles. The molecule has 1 unspecified atom stereocenters. The summed E-state index contributed by atoms with van der Waals surface area (Å²) < 4.78 is 27.4. The summed E-state index contributed by atoms with van der Waals surface area (Å²) in [6.07, 6.45) is 7.64. The number of hydrogen-bond donors (Lipinski definition) is 1. The maximum atomic E-state index is 14.0. The van der Waals surface area contributed by atoms with Crippen molar-refractivity contribution in [2.75, 3.05) is 6.54 Å². The van der Waals surface area contributed by atoms with Gasteiger partial charge in [0.25, 0.3) is 0 Å². The van der Waals surface area contributed by atoms with E-state index >= 15 is 0 Å². The number of rotatable bonds is 7. The smallest absolute Gasteiger partial charge is 0.126 e. The van der Waals surface area contributed by atoms with Crippen molar-refractivity contribution in [2.45, 2.75) is 64.8 Å². The van der Waals surface area contributed by atoms with Crippen LogP contribution < -0.4 is 5.32 Å². The van der Waals surface area contributed by atoms with Gasteiger partial charge in [0.2, 0.25) is 0 Å². The van der Waals surface area contributed by atoms with Crippen LogP contribution in [-0.4, -0.2) is 12.6 Å². The fourth-order valence-electron chi connectivity index (χ4n) is 3.77. The Morgan fingerprint density at radius 3 is 2.52 bits per heavy atom. The molecule has 1 aromatic carbocycles. The lowest BCUT2D eigenvalue weighted by Gasteiger charge is -2.38. The number of benzene rings is 1. The monoisotopic (exact) mass is 295 g/mol. The minimum absolute atomic E-state index is 0.237. The van der Waals surface area contributed by atoms with E-state index in [-0.39, 0.29) is 23.1 Å². The summed E-state index contributed by atoms with van der Waals surface area (Å²) in [5.74, 6) is -0.637. The lowest BCUT2D eigenvalue weighted by atomic mass is 9.74. The van der Waals surface area contributed by atoms with Crippen LogP contribution in [0.3, 0.4) is 0 Å². The molecule has 1 atom stereocenters. The molecule has 0 radical (unpaired) electrons. The van der Waals surface area contributed by atoms with Crippen molar-refractivity contribution in [2.24, 2.45) is 5.41 Å². The standard InChI is InChI=1S/C18H27F2N/c1-3-11-21-17(18(4-2)9-5-6-10-18)13-14-12-15(19)7-8-16(14)20/h7-8,12,17,21H,3-6,9-11,13H2,1-2H3. The van der Waals surface area contributed by atoms with Gasteiger partial charge in [0.15, 0.2) is 0 Å². The Kier molecular flexibility index (Phi) is 5.74. The van der Waals surface area contributed by atoms with E-state index in [1.54, 1.807) is 0 Å². The van der Waals surface area contributed by atoms with E-state index < -0.39 is 0 Å². The van der Waals surface area contributed by atoms with Crippen LogP contribution in [0.25, 0.3) is 0 Å². The van der Waals surface area contributed by atoms with Crippen LogP contribution in [0.15, 0.2) is 18.2 Å². The van der Waals surface area contributed by atoms with Gasteiger partial charge >= 0.3 is 0 Å². The van der Waals surface area contributed by atoms with Crippen molar-refractivity contribution in [3.63, 3.8) is 0 Å². The number of hydrogen-bond acceptors (Lipinski definition) is 1. The zero-order valence-corrected chi connectivity index (χ0v) is 13.2. The molecule has 0 bridgehead atoms. The second-order valence-corrected chi connectivity index (χ2v) is 6.37. The Labute approximate surface area is 127 Å². The van der Waals surface area contributed by atoms with Gasteiger partial charge < -0.3 is 5.32 Å². The first-order valence-corrected chi connectivity index (χ1v) is 8.28. The van der Waals surface area contributed by atoms with Crippen LogP contribution in [0.2, 0.25) is 0 Å². The van der Waals surface area contributed by atoms with Crippen LogP contribution in [0, 0.1) is 17.0 Å². The number of nitrogens with one attached hydrogen (secondary N) is 1. The molecule has 2 rings (SSSR count). The van der Waals surface area contributed by atoms with Gasteiger partial charge in [0, 0.05) is 6.04 Å². The molecule has 21 heavy (non-hydrogen) atoms. The minimum atomic E-state index is -0.349. The third-order valence-electron chi connectivity index (χ3n) is 5.12. The van der Waals surface area contributed by atoms with E-state index in [2.05, 4.69) is 19.2 Å². The maximum absolute atomic E-state index is 14.0. The van der Waals surface area contributed by atoms with Crippen molar-refractivity contribution in [3.05, 3.63) is 35.4 Å². The quantitative estimate of drug-likeness (QED) is 0.758. The second kappa shape index (κ2) is 7.35. The minimum Gasteiger partial charge on any atom is -0.313 e. The molecular formula is C18H27F2N. The summed E-state index contributed by atoms with van der Waals surface area (Å²) in [6, 6.07) is 4.03. The van der Waals surface area contributed by atoms with Gasteiger partial charge in [0.05, 0.1) is 0 Å². The predicted octanol–water partition coefficient (Wildman–Crippen LogP) is 4.85. The van der Waals surface area contributed by atoms with Crippen LogP contribution in [0.4, 0.5) is 8.78 Å². The third-order valence-corrected chi connectivity index (χ3v) is 5.12. The first-order valence-electron chi connectivity index (χ1n) is 8.28. The predicted molar refractivity (Wildman–Crippen MR) is 83.3 cm³/mol. The summed E-state index contributed by atoms with van der Waals surface area (Å²) in [5.41, 5.74) is 0.747. The zero-order valence-electron chi connectivity index (χ0n) is 13.2. The van der Waals surface area contributed by atoms with E-state index in [0.717, 1.165) is 19.4 Å². The average molecular weight is 295 g/mol. The van der Waals surface area contributed by atoms with Gasteiger partial charge in [-0.15, -0.1) is 0 Å². The molecule has 1 fully saturated rings. The normalized spacial score (nSPS) is 18.9. The van der Waals surface area contributed by atoms with Gasteiger partial charge in [-0.3, -0.25) is 0 Å². The SMILES string of the molecule is CCCNC(Cc1cc(F)ccc1F)C1(CC)CCCC1. The van der Waals surface area contributed by atoms with Crippen LogP contribution in [0.5, 0.6) is 0 Å². The highest BCUT2D eigenvalue weighted by atomic mass is 19.1. The maximum Gasteiger partial charge on any atom is 0.126 e. The van der Waals surface area contributed by atoms with Gasteiger partial charge in [-0.05, 0) is 67.8 Å². The number of halogens is 2. The molecule has 1 aliphatic rings. The molecule has 0 aliphatic heterocycles. The summed E-state index contributed by atoms with van der Waals surface area (Å²) in [5, 5.41) is 3.61. The summed E-state index contributed by atoms with van der Waals surface area (Å²) in [4.78, 5) is 0. The molecule has 0 heterocycles. The Balaban J connectivity index is 2.21. The Bertz CT molecular complexity index is 453. The molecule has 1 aromatic rings. The van der Waals surface area contributed by atoms with E-state index in [9.17, 15) is 8.78 Å². The fourth-order valence-corrected chi connectivity index (χ4v) is 3.77. The van der Waals surface area contributed by atoms with E-state index in [4.69, 9.17) is 0 Å². The second-order valence-electron chi connectivity index (χ2n) is 6.37. The highest BCUT2D eigenvalue weighted by molar-refractivity contribution is 5.20. The summed E-state index contributed by atoms with van der Waals surface area (Å²) >= 11 is 0. The molecule has 0 amide bonds. The van der Waals surface area contributed by atoms with Crippen LogP contribution in [0.1, 0.15) is 57.9 Å². The third kappa shape index (κ3) is 3.82. The molecule has 1 nitrogen and oxygen atoms in total. The van der Waals surface area contributed by atoms with Gasteiger partial charge in [-0.1, -0.05) is 26.7 Å². The molecule has 0 spiro atoms. The van der Waals surface area contributed by atoms with Gasteiger partial charge in [-0.2, -0.15) is 0 Å². The largest absolute Gasteiger partial charge is 0.313 e. The van der Waals surface area contributed by atoms with Crippen molar-refractivity contribution < 1.29 is 8.78 Å². The molecule has 0 aromatic heterocycles. The molecular weight excluding hydrogens is 268 g/mol. The average Bonchev–Trinajstić information content (AvgIpc) is 2.97.